The molecule has 0 fully saturated rings. The van der Waals surface area contributed by atoms with Gasteiger partial charge in [0.15, 0.2) is 5.78 Å². The number of benzene rings is 4. The molecule has 0 aliphatic heterocycles. The molecule has 0 saturated carbocycles. The van der Waals surface area contributed by atoms with Crippen LogP contribution in [0.2, 0.25) is 0 Å². The average molecular weight is 457 g/mol. The molecule has 0 amide bonds. The molecule has 0 aliphatic rings. The molecule has 2 nitrogen and oxygen atoms in total. The number of carbonyl (C=O) groups excluding carboxylic acids is 1. The Morgan fingerprint density at radius 3 is 1.43 bits per heavy atom. The van der Waals surface area contributed by atoms with E-state index in [1.165, 1.54) is 0 Å². The van der Waals surface area contributed by atoms with Gasteiger partial charge in [-0.1, -0.05) is 119 Å². The molecule has 148 valence electrons. The Bertz CT molecular complexity index is 995. The van der Waals surface area contributed by atoms with Gasteiger partial charge in [-0.25, -0.2) is 0 Å². The van der Waals surface area contributed by atoms with Gasteiger partial charge in [-0.15, -0.1) is 0 Å². The number of halogens is 1. The summed E-state index contributed by atoms with van der Waals surface area (Å²) in [4.78, 5) is 13.0. The van der Waals surface area contributed by atoms with Crippen LogP contribution in [0.25, 0.3) is 0 Å². The fourth-order valence-electron chi connectivity index (χ4n) is 3.66. The number of carbonyl (C=O) groups is 1. The first kappa shape index (κ1) is 20.3. The van der Waals surface area contributed by atoms with Gasteiger partial charge in [0.05, 0.1) is 0 Å². The SMILES string of the molecule is O=C(COC(c1ccccc1)(c1ccccc1)c1ccccc1)c1ccc(Br)cc1. The van der Waals surface area contributed by atoms with Gasteiger partial charge in [-0.2, -0.15) is 0 Å². The van der Waals surface area contributed by atoms with E-state index in [9.17, 15) is 4.79 Å². The first-order valence-corrected chi connectivity index (χ1v) is 10.6. The Balaban J connectivity index is 1.80. The molecular weight excluding hydrogens is 436 g/mol. The topological polar surface area (TPSA) is 26.3 Å². The van der Waals surface area contributed by atoms with Crippen LogP contribution >= 0.6 is 15.9 Å². The van der Waals surface area contributed by atoms with Crippen LogP contribution in [0.5, 0.6) is 0 Å². The monoisotopic (exact) mass is 456 g/mol. The number of ether oxygens (including phenoxy) is 1. The summed E-state index contributed by atoms with van der Waals surface area (Å²) < 4.78 is 7.51. The number of hydrogen-bond donors (Lipinski definition) is 0. The molecule has 4 aromatic rings. The zero-order valence-corrected chi connectivity index (χ0v) is 18.0. The lowest BCUT2D eigenvalue weighted by atomic mass is 9.80. The fourth-order valence-corrected chi connectivity index (χ4v) is 3.93. The molecule has 0 heterocycles. The third-order valence-corrected chi connectivity index (χ3v) is 5.66. The van der Waals surface area contributed by atoms with Crippen molar-refractivity contribution in [1.82, 2.24) is 0 Å². The van der Waals surface area contributed by atoms with Crippen LogP contribution in [0.3, 0.4) is 0 Å². The largest absolute Gasteiger partial charge is 0.353 e. The molecule has 0 unspecified atom stereocenters. The quantitative estimate of drug-likeness (QED) is 0.230. The van der Waals surface area contributed by atoms with Gasteiger partial charge in [-0.05, 0) is 28.8 Å². The summed E-state index contributed by atoms with van der Waals surface area (Å²) in [5.74, 6) is -0.0605. The van der Waals surface area contributed by atoms with Gasteiger partial charge < -0.3 is 4.74 Å². The highest BCUT2D eigenvalue weighted by Gasteiger charge is 2.38. The number of ketones is 1. The Hall–Kier alpha value is -3.01. The third-order valence-electron chi connectivity index (χ3n) is 5.13. The van der Waals surface area contributed by atoms with E-state index in [2.05, 4.69) is 15.9 Å². The predicted octanol–water partition coefficient (Wildman–Crippen LogP) is 6.64. The first-order chi connectivity index (χ1) is 14.7. The minimum absolute atomic E-state index is 0.0414. The summed E-state index contributed by atoms with van der Waals surface area (Å²) in [5, 5.41) is 0. The van der Waals surface area contributed by atoms with Crippen LogP contribution in [0.15, 0.2) is 120 Å². The van der Waals surface area contributed by atoms with Gasteiger partial charge in [0.1, 0.15) is 12.2 Å². The van der Waals surface area contributed by atoms with Crippen molar-refractivity contribution < 1.29 is 9.53 Å². The van der Waals surface area contributed by atoms with Gasteiger partial charge in [0.25, 0.3) is 0 Å². The lowest BCUT2D eigenvalue weighted by Gasteiger charge is -2.35. The molecule has 3 heteroatoms. The number of rotatable bonds is 7. The van der Waals surface area contributed by atoms with Crippen LogP contribution in [0.1, 0.15) is 27.0 Å². The van der Waals surface area contributed by atoms with Crippen molar-refractivity contribution in [2.24, 2.45) is 0 Å². The highest BCUT2D eigenvalue weighted by atomic mass is 79.9. The smallest absolute Gasteiger partial charge is 0.188 e. The van der Waals surface area contributed by atoms with Crippen LogP contribution in [0.4, 0.5) is 0 Å². The standard InChI is InChI=1S/C27H21BrO2/c28-25-18-16-21(17-19-25)26(29)20-30-27(22-10-4-1-5-11-22,23-12-6-2-7-13-23)24-14-8-3-9-15-24/h1-19H,20H2. The van der Waals surface area contributed by atoms with Gasteiger partial charge in [-0.3, -0.25) is 4.79 Å². The highest BCUT2D eigenvalue weighted by molar-refractivity contribution is 9.10. The summed E-state index contributed by atoms with van der Waals surface area (Å²) in [7, 11) is 0. The summed E-state index contributed by atoms with van der Waals surface area (Å²) >= 11 is 3.41. The van der Waals surface area contributed by atoms with Crippen molar-refractivity contribution in [1.29, 1.82) is 0 Å². The van der Waals surface area contributed by atoms with Gasteiger partial charge in [0.2, 0.25) is 0 Å². The van der Waals surface area contributed by atoms with E-state index in [1.807, 2.05) is 115 Å². The van der Waals surface area contributed by atoms with E-state index in [0.29, 0.717) is 5.56 Å². The molecule has 0 aliphatic carbocycles. The molecule has 4 aromatic carbocycles. The van der Waals surface area contributed by atoms with E-state index in [4.69, 9.17) is 4.74 Å². The number of hydrogen-bond acceptors (Lipinski definition) is 2. The van der Waals surface area contributed by atoms with Crippen molar-refractivity contribution in [3.63, 3.8) is 0 Å². The molecule has 0 N–H and O–H groups in total. The lowest BCUT2D eigenvalue weighted by molar-refractivity contribution is 0.0164. The predicted molar refractivity (Wildman–Crippen MR) is 124 cm³/mol. The highest BCUT2D eigenvalue weighted by Crippen LogP contribution is 2.40. The molecule has 30 heavy (non-hydrogen) atoms. The second-order valence-corrected chi connectivity index (χ2v) is 7.91. The average Bonchev–Trinajstić information content (AvgIpc) is 2.82. The lowest BCUT2D eigenvalue weighted by Crippen LogP contribution is -2.34. The third kappa shape index (κ3) is 4.13. The molecule has 4 rings (SSSR count). The minimum atomic E-state index is -0.894. The van der Waals surface area contributed by atoms with E-state index in [-0.39, 0.29) is 12.4 Å². The maximum atomic E-state index is 13.0. The molecular formula is C27H21BrO2. The van der Waals surface area contributed by atoms with Gasteiger partial charge in [0, 0.05) is 10.0 Å². The van der Waals surface area contributed by atoms with Crippen LogP contribution in [-0.2, 0) is 10.3 Å². The Labute approximate surface area is 185 Å². The Morgan fingerprint density at radius 2 is 1.03 bits per heavy atom. The molecule has 0 atom stereocenters. The summed E-state index contributed by atoms with van der Waals surface area (Å²) in [5.41, 5.74) is 2.67. The van der Waals surface area contributed by atoms with Crippen LogP contribution in [-0.4, -0.2) is 12.4 Å². The molecule has 0 radical (unpaired) electrons. The van der Waals surface area contributed by atoms with Crippen molar-refractivity contribution in [3.05, 3.63) is 142 Å². The Morgan fingerprint density at radius 1 is 0.633 bits per heavy atom. The molecule has 0 aromatic heterocycles. The molecule has 0 bridgehead atoms. The van der Waals surface area contributed by atoms with E-state index < -0.39 is 5.60 Å². The van der Waals surface area contributed by atoms with Crippen molar-refractivity contribution in [2.45, 2.75) is 5.60 Å². The maximum Gasteiger partial charge on any atom is 0.188 e. The van der Waals surface area contributed by atoms with E-state index in [1.54, 1.807) is 0 Å². The normalized spacial score (nSPS) is 11.2. The summed E-state index contributed by atoms with van der Waals surface area (Å²) in [6, 6.07) is 37.6. The van der Waals surface area contributed by atoms with E-state index in [0.717, 1.165) is 21.2 Å². The summed E-state index contributed by atoms with van der Waals surface area (Å²) in [6.45, 7) is -0.0414. The van der Waals surface area contributed by atoms with Crippen molar-refractivity contribution >= 4 is 21.7 Å². The second-order valence-electron chi connectivity index (χ2n) is 7.00. The summed E-state index contributed by atoms with van der Waals surface area (Å²) in [6.07, 6.45) is 0. The van der Waals surface area contributed by atoms with Crippen molar-refractivity contribution in [3.8, 4) is 0 Å². The van der Waals surface area contributed by atoms with Crippen LogP contribution < -0.4 is 0 Å². The fraction of sp³-hybridized carbons (Fsp3) is 0.0741. The van der Waals surface area contributed by atoms with E-state index >= 15 is 0 Å². The minimum Gasteiger partial charge on any atom is -0.353 e. The maximum absolute atomic E-state index is 13.0. The molecule has 0 saturated heterocycles. The van der Waals surface area contributed by atoms with Crippen molar-refractivity contribution in [2.75, 3.05) is 6.61 Å². The van der Waals surface area contributed by atoms with Crippen LogP contribution in [0, 0.1) is 0 Å². The zero-order chi connectivity index (χ0) is 20.8. The molecule has 0 spiro atoms. The second kappa shape index (κ2) is 9.21. The Kier molecular flexibility index (Phi) is 6.22. The first-order valence-electron chi connectivity index (χ1n) is 9.79. The van der Waals surface area contributed by atoms with Gasteiger partial charge >= 0.3 is 0 Å². The zero-order valence-electron chi connectivity index (χ0n) is 16.4. The number of Topliss-reactive ketones (excluding diaryl/α,β-unsaturated/α-hetero) is 1.